The minimum atomic E-state index is -3.00. The maximum atomic E-state index is 12.2. The highest BCUT2D eigenvalue weighted by atomic mass is 32.2. The molecular formula is C11H23NO2S. The van der Waals surface area contributed by atoms with E-state index in [0.29, 0.717) is 0 Å². The Morgan fingerprint density at radius 1 is 1.27 bits per heavy atom. The predicted molar refractivity (Wildman–Crippen MR) is 63.5 cm³/mol. The highest BCUT2D eigenvalue weighted by Crippen LogP contribution is 2.27. The van der Waals surface area contributed by atoms with Gasteiger partial charge >= 0.3 is 0 Å². The van der Waals surface area contributed by atoms with Gasteiger partial charge in [0.25, 0.3) is 0 Å². The van der Waals surface area contributed by atoms with E-state index >= 15 is 0 Å². The van der Waals surface area contributed by atoms with Gasteiger partial charge < -0.3 is 5.73 Å². The summed E-state index contributed by atoms with van der Waals surface area (Å²) >= 11 is 0. The Hall–Kier alpha value is -0.0900. The number of hydrogen-bond acceptors (Lipinski definition) is 3. The first kappa shape index (κ1) is 13.0. The van der Waals surface area contributed by atoms with Gasteiger partial charge in [-0.15, -0.1) is 0 Å². The van der Waals surface area contributed by atoms with Gasteiger partial charge in [0.05, 0.1) is 10.5 Å². The molecule has 2 N–H and O–H groups in total. The van der Waals surface area contributed by atoms with Gasteiger partial charge in [-0.25, -0.2) is 8.42 Å². The van der Waals surface area contributed by atoms with Gasteiger partial charge in [-0.1, -0.05) is 26.2 Å². The highest BCUT2D eigenvalue weighted by molar-refractivity contribution is 7.92. The smallest absolute Gasteiger partial charge is 0.157 e. The van der Waals surface area contributed by atoms with Crippen LogP contribution in [0.4, 0.5) is 0 Å². The molecule has 1 aliphatic rings. The van der Waals surface area contributed by atoms with Gasteiger partial charge in [-0.05, 0) is 26.2 Å². The van der Waals surface area contributed by atoms with Crippen molar-refractivity contribution in [2.24, 2.45) is 5.73 Å². The number of sulfone groups is 1. The molecule has 0 heterocycles. The summed E-state index contributed by atoms with van der Waals surface area (Å²) < 4.78 is 24.4. The Labute approximate surface area is 93.3 Å². The molecule has 0 aromatic rings. The molecule has 0 aromatic heterocycles. The zero-order valence-electron chi connectivity index (χ0n) is 9.78. The van der Waals surface area contributed by atoms with Crippen molar-refractivity contribution in [1.29, 1.82) is 0 Å². The Balaban J connectivity index is 2.72. The topological polar surface area (TPSA) is 60.2 Å². The second-order valence-corrected chi connectivity index (χ2v) is 7.21. The van der Waals surface area contributed by atoms with Crippen molar-refractivity contribution >= 4 is 9.84 Å². The van der Waals surface area contributed by atoms with E-state index < -0.39 is 9.84 Å². The minimum absolute atomic E-state index is 0.126. The fourth-order valence-corrected chi connectivity index (χ4v) is 4.55. The Bertz CT molecular complexity index is 273. The van der Waals surface area contributed by atoms with Crippen molar-refractivity contribution in [3.8, 4) is 0 Å². The molecular weight excluding hydrogens is 210 g/mol. The van der Waals surface area contributed by atoms with Crippen LogP contribution in [0.1, 0.15) is 52.4 Å². The third-order valence-corrected chi connectivity index (χ3v) is 6.40. The SMILES string of the molecule is CCC(N)C(C)S(=O)(=O)C1CCCCC1. The molecule has 1 fully saturated rings. The van der Waals surface area contributed by atoms with E-state index in [2.05, 4.69) is 0 Å². The molecule has 1 aliphatic carbocycles. The van der Waals surface area contributed by atoms with Gasteiger partial charge in [-0.2, -0.15) is 0 Å². The lowest BCUT2D eigenvalue weighted by atomic mass is 10.0. The first-order valence-electron chi connectivity index (χ1n) is 5.98. The normalized spacial score (nSPS) is 23.7. The van der Waals surface area contributed by atoms with Crippen molar-refractivity contribution in [2.75, 3.05) is 0 Å². The Kier molecular flexibility index (Phi) is 4.59. The zero-order valence-corrected chi connectivity index (χ0v) is 10.6. The summed E-state index contributed by atoms with van der Waals surface area (Å²) in [5.74, 6) is 0. The molecule has 0 spiro atoms. The summed E-state index contributed by atoms with van der Waals surface area (Å²) in [4.78, 5) is 0. The van der Waals surface area contributed by atoms with Crippen LogP contribution < -0.4 is 5.73 Å². The summed E-state index contributed by atoms with van der Waals surface area (Å²) in [6.45, 7) is 3.70. The van der Waals surface area contributed by atoms with Crippen LogP contribution in [0.2, 0.25) is 0 Å². The molecule has 4 heteroatoms. The molecule has 3 nitrogen and oxygen atoms in total. The summed E-state index contributed by atoms with van der Waals surface area (Å²) in [5.41, 5.74) is 5.83. The molecule has 2 unspecified atom stereocenters. The van der Waals surface area contributed by atoms with Crippen LogP contribution >= 0.6 is 0 Å². The van der Waals surface area contributed by atoms with Gasteiger partial charge in [-0.3, -0.25) is 0 Å². The lowest BCUT2D eigenvalue weighted by Crippen LogP contribution is -2.43. The summed E-state index contributed by atoms with van der Waals surface area (Å²) in [7, 11) is -3.00. The lowest BCUT2D eigenvalue weighted by molar-refractivity contribution is 0.471. The van der Waals surface area contributed by atoms with Crippen LogP contribution in [0.25, 0.3) is 0 Å². The fraction of sp³-hybridized carbons (Fsp3) is 1.00. The predicted octanol–water partition coefficient (Wildman–Crippen LogP) is 1.86. The number of nitrogens with two attached hydrogens (primary N) is 1. The van der Waals surface area contributed by atoms with Gasteiger partial charge in [0.15, 0.2) is 9.84 Å². The van der Waals surface area contributed by atoms with Crippen LogP contribution in [-0.4, -0.2) is 25.0 Å². The van der Waals surface area contributed by atoms with E-state index in [1.54, 1.807) is 6.92 Å². The number of rotatable bonds is 4. The highest BCUT2D eigenvalue weighted by Gasteiger charge is 2.34. The van der Waals surface area contributed by atoms with Crippen molar-refractivity contribution in [1.82, 2.24) is 0 Å². The van der Waals surface area contributed by atoms with Crippen molar-refractivity contribution in [2.45, 2.75) is 68.9 Å². The van der Waals surface area contributed by atoms with Crippen LogP contribution in [0.15, 0.2) is 0 Å². The average molecular weight is 233 g/mol. The van der Waals surface area contributed by atoms with Crippen molar-refractivity contribution < 1.29 is 8.42 Å². The second kappa shape index (κ2) is 5.30. The standard InChI is InChI=1S/C11H23NO2S/c1-3-11(12)9(2)15(13,14)10-7-5-4-6-8-10/h9-11H,3-8,12H2,1-2H3. The molecule has 0 bridgehead atoms. The minimum Gasteiger partial charge on any atom is -0.327 e. The van der Waals surface area contributed by atoms with Crippen LogP contribution in [0.3, 0.4) is 0 Å². The summed E-state index contributed by atoms with van der Waals surface area (Å²) in [5, 5.41) is -0.510. The Morgan fingerprint density at radius 2 is 1.80 bits per heavy atom. The second-order valence-electron chi connectivity index (χ2n) is 4.63. The van der Waals surface area contributed by atoms with E-state index in [1.165, 1.54) is 6.42 Å². The third-order valence-electron chi connectivity index (χ3n) is 3.61. The number of hydrogen-bond donors (Lipinski definition) is 1. The van der Waals surface area contributed by atoms with Crippen LogP contribution in [0.5, 0.6) is 0 Å². The average Bonchev–Trinajstić information content (AvgIpc) is 2.28. The van der Waals surface area contributed by atoms with Crippen LogP contribution in [0, 0.1) is 0 Å². The van der Waals surface area contributed by atoms with E-state index in [-0.39, 0.29) is 16.5 Å². The molecule has 1 rings (SSSR count). The zero-order chi connectivity index (χ0) is 11.5. The Morgan fingerprint density at radius 3 is 2.27 bits per heavy atom. The molecule has 0 radical (unpaired) electrons. The molecule has 0 aliphatic heterocycles. The van der Waals surface area contributed by atoms with Crippen molar-refractivity contribution in [3.63, 3.8) is 0 Å². The van der Waals surface area contributed by atoms with Gasteiger partial charge in [0.2, 0.25) is 0 Å². The van der Waals surface area contributed by atoms with Gasteiger partial charge in [0.1, 0.15) is 0 Å². The third kappa shape index (κ3) is 2.94. The molecule has 0 amide bonds. The quantitative estimate of drug-likeness (QED) is 0.806. The van der Waals surface area contributed by atoms with Gasteiger partial charge in [0, 0.05) is 6.04 Å². The first-order chi connectivity index (χ1) is 7.00. The lowest BCUT2D eigenvalue weighted by Gasteiger charge is -2.27. The molecule has 15 heavy (non-hydrogen) atoms. The first-order valence-corrected chi connectivity index (χ1v) is 7.59. The van der Waals surface area contributed by atoms with E-state index in [0.717, 1.165) is 32.1 Å². The van der Waals surface area contributed by atoms with E-state index in [4.69, 9.17) is 5.73 Å². The monoisotopic (exact) mass is 233 g/mol. The van der Waals surface area contributed by atoms with E-state index in [9.17, 15) is 8.42 Å². The molecule has 1 saturated carbocycles. The fourth-order valence-electron chi connectivity index (χ4n) is 2.27. The molecule has 0 saturated heterocycles. The maximum absolute atomic E-state index is 12.2. The maximum Gasteiger partial charge on any atom is 0.157 e. The largest absolute Gasteiger partial charge is 0.327 e. The molecule has 0 aromatic carbocycles. The molecule has 90 valence electrons. The molecule has 2 atom stereocenters. The summed E-state index contributed by atoms with van der Waals surface area (Å²) in [6.07, 6.45) is 5.69. The van der Waals surface area contributed by atoms with E-state index in [1.807, 2.05) is 6.92 Å². The summed E-state index contributed by atoms with van der Waals surface area (Å²) in [6, 6.07) is -0.211. The van der Waals surface area contributed by atoms with Crippen LogP contribution in [-0.2, 0) is 9.84 Å². The van der Waals surface area contributed by atoms with Crippen molar-refractivity contribution in [3.05, 3.63) is 0 Å².